The smallest absolute Gasteiger partial charge is 0.217 e. The molecule has 1 amide bonds. The van der Waals surface area contributed by atoms with Crippen molar-refractivity contribution in [2.45, 2.75) is 45.3 Å². The molecule has 2 saturated heterocycles. The lowest BCUT2D eigenvalue weighted by Crippen LogP contribution is -2.48. The molecule has 162 valence electrons. The molecule has 8 heteroatoms. The Morgan fingerprint density at radius 2 is 2.31 bits per heavy atom. The summed E-state index contributed by atoms with van der Waals surface area (Å²) in [5, 5.41) is 5.60. The van der Waals surface area contributed by atoms with E-state index in [0.717, 1.165) is 58.1 Å². The summed E-state index contributed by atoms with van der Waals surface area (Å²) >= 11 is 1.80. The second-order valence-corrected chi connectivity index (χ2v) is 9.01. The molecule has 1 aromatic rings. The number of ether oxygens (including phenoxy) is 1. The van der Waals surface area contributed by atoms with Crippen LogP contribution in [0, 0.1) is 5.92 Å². The lowest BCUT2D eigenvalue weighted by molar-refractivity contribution is -0.119. The molecule has 3 heterocycles. The molecule has 3 N–H and O–H groups in total. The molecule has 7 nitrogen and oxygen atoms in total. The number of guanidine groups is 1. The molecule has 0 aromatic carbocycles. The number of hydrogen-bond donors (Lipinski definition) is 2. The summed E-state index contributed by atoms with van der Waals surface area (Å²) in [6.07, 6.45) is 2.83. The average molecular weight is 422 g/mol. The molecule has 3 rings (SSSR count). The first kappa shape index (κ1) is 22.1. The second kappa shape index (κ2) is 10.9. The highest BCUT2D eigenvalue weighted by atomic mass is 32.1. The van der Waals surface area contributed by atoms with Crippen LogP contribution in [0.5, 0.6) is 0 Å². The number of hydrogen-bond acceptors (Lipinski definition) is 5. The summed E-state index contributed by atoms with van der Waals surface area (Å²) in [6.45, 7) is 10.2. The zero-order valence-corrected chi connectivity index (χ0v) is 18.5. The number of rotatable bonds is 7. The molecule has 29 heavy (non-hydrogen) atoms. The third kappa shape index (κ3) is 6.42. The van der Waals surface area contributed by atoms with Gasteiger partial charge in [0.2, 0.25) is 5.91 Å². The first-order valence-corrected chi connectivity index (χ1v) is 11.7. The van der Waals surface area contributed by atoms with Crippen LogP contribution in [0.15, 0.2) is 22.5 Å². The number of piperidine rings is 1. The van der Waals surface area contributed by atoms with E-state index < -0.39 is 0 Å². The lowest BCUT2D eigenvalue weighted by atomic mass is 9.95. The number of likely N-dealkylation sites (tertiary alicyclic amines) is 1. The Bertz CT molecular complexity index is 666. The largest absolute Gasteiger partial charge is 0.376 e. The predicted octanol–water partition coefficient (Wildman–Crippen LogP) is 2.06. The fourth-order valence-corrected chi connectivity index (χ4v) is 5.15. The topological polar surface area (TPSA) is 83.2 Å². The van der Waals surface area contributed by atoms with E-state index in [1.165, 1.54) is 4.88 Å². The van der Waals surface area contributed by atoms with Crippen LogP contribution in [0.1, 0.15) is 44.0 Å². The molecular weight excluding hydrogens is 386 g/mol. The summed E-state index contributed by atoms with van der Waals surface area (Å²) < 4.78 is 5.75. The maximum absolute atomic E-state index is 11.4. The molecule has 3 unspecified atom stereocenters. The Balaban J connectivity index is 1.73. The highest BCUT2D eigenvalue weighted by Gasteiger charge is 2.27. The third-order valence-electron chi connectivity index (χ3n) is 5.64. The number of amides is 1. The first-order chi connectivity index (χ1) is 14.1. The highest BCUT2D eigenvalue weighted by Crippen LogP contribution is 2.27. The molecule has 2 fully saturated rings. The van der Waals surface area contributed by atoms with Gasteiger partial charge in [-0.05, 0) is 44.1 Å². The third-order valence-corrected chi connectivity index (χ3v) is 6.62. The van der Waals surface area contributed by atoms with E-state index in [2.05, 4.69) is 46.5 Å². The fraction of sp³-hybridized carbons (Fsp3) is 0.714. The summed E-state index contributed by atoms with van der Waals surface area (Å²) in [5.74, 6) is 1.06. The van der Waals surface area contributed by atoms with Crippen LogP contribution in [0.2, 0.25) is 0 Å². The molecule has 2 aliphatic rings. The van der Waals surface area contributed by atoms with Crippen molar-refractivity contribution in [3.05, 3.63) is 22.4 Å². The van der Waals surface area contributed by atoms with Crippen LogP contribution < -0.4 is 11.1 Å². The second-order valence-electron chi connectivity index (χ2n) is 8.03. The van der Waals surface area contributed by atoms with Crippen LogP contribution in [0.25, 0.3) is 0 Å². The summed E-state index contributed by atoms with van der Waals surface area (Å²) in [7, 11) is 0. The van der Waals surface area contributed by atoms with Gasteiger partial charge in [0, 0.05) is 44.0 Å². The number of nitrogens with one attached hydrogen (secondary N) is 1. The van der Waals surface area contributed by atoms with Crippen molar-refractivity contribution >= 4 is 23.2 Å². The standard InChI is InChI=1S/C21H35N5O2S/c1-3-23-21(26-8-4-6-17(15-26)12-20(22)27)24-13-18(19-7-5-11-29-19)25-9-10-28-16(2)14-25/h5,7,11,16-18H,3-4,6,8-10,12-15H2,1-2H3,(H2,22,27)(H,23,24). The molecule has 0 radical (unpaired) electrons. The van der Waals surface area contributed by atoms with Gasteiger partial charge in [0.05, 0.1) is 25.3 Å². The van der Waals surface area contributed by atoms with Crippen LogP contribution in [0.4, 0.5) is 0 Å². The molecule has 1 aromatic heterocycles. The SMILES string of the molecule is CCNC(=NCC(c1cccs1)N1CCOC(C)C1)N1CCCC(CC(N)=O)C1. The number of nitrogens with zero attached hydrogens (tertiary/aromatic N) is 3. The molecule has 0 saturated carbocycles. The fourth-order valence-electron chi connectivity index (χ4n) is 4.30. The van der Waals surface area contributed by atoms with E-state index in [1.807, 2.05) is 0 Å². The Morgan fingerprint density at radius 1 is 1.45 bits per heavy atom. The van der Waals surface area contributed by atoms with Crippen molar-refractivity contribution in [1.29, 1.82) is 0 Å². The van der Waals surface area contributed by atoms with Crippen LogP contribution in [0.3, 0.4) is 0 Å². The maximum Gasteiger partial charge on any atom is 0.217 e. The van der Waals surface area contributed by atoms with Crippen LogP contribution >= 0.6 is 11.3 Å². The summed E-state index contributed by atoms with van der Waals surface area (Å²) in [6, 6.07) is 4.59. The zero-order chi connectivity index (χ0) is 20.6. The van der Waals surface area contributed by atoms with Gasteiger partial charge in [-0.15, -0.1) is 11.3 Å². The normalized spacial score (nSPS) is 25.0. The van der Waals surface area contributed by atoms with E-state index >= 15 is 0 Å². The van der Waals surface area contributed by atoms with Gasteiger partial charge < -0.3 is 20.7 Å². The van der Waals surface area contributed by atoms with E-state index in [4.69, 9.17) is 15.5 Å². The molecule has 3 atom stereocenters. The number of primary amides is 1. The number of morpholine rings is 1. The van der Waals surface area contributed by atoms with E-state index in [9.17, 15) is 4.79 Å². The first-order valence-electron chi connectivity index (χ1n) is 10.8. The van der Waals surface area contributed by atoms with Gasteiger partial charge in [-0.1, -0.05) is 6.07 Å². The Kier molecular flexibility index (Phi) is 8.32. The predicted molar refractivity (Wildman–Crippen MR) is 118 cm³/mol. The summed E-state index contributed by atoms with van der Waals surface area (Å²) in [4.78, 5) is 22.6. The maximum atomic E-state index is 11.4. The minimum absolute atomic E-state index is 0.210. The van der Waals surface area contributed by atoms with Crippen molar-refractivity contribution in [3.63, 3.8) is 0 Å². The Labute approximate surface area is 178 Å². The Hall–Kier alpha value is -1.64. The molecule has 0 bridgehead atoms. The molecule has 2 aliphatic heterocycles. The van der Waals surface area contributed by atoms with E-state index in [0.29, 0.717) is 18.9 Å². The van der Waals surface area contributed by atoms with Crippen molar-refractivity contribution in [3.8, 4) is 0 Å². The summed E-state index contributed by atoms with van der Waals surface area (Å²) in [5.41, 5.74) is 5.43. The number of carbonyl (C=O) groups excluding carboxylic acids is 1. The Morgan fingerprint density at radius 3 is 3.00 bits per heavy atom. The minimum Gasteiger partial charge on any atom is -0.376 e. The van der Waals surface area contributed by atoms with E-state index in [-0.39, 0.29) is 18.1 Å². The van der Waals surface area contributed by atoms with Gasteiger partial charge in [0.25, 0.3) is 0 Å². The van der Waals surface area contributed by atoms with Crippen molar-refractivity contribution in [2.24, 2.45) is 16.6 Å². The van der Waals surface area contributed by atoms with Crippen molar-refractivity contribution in [1.82, 2.24) is 15.1 Å². The highest BCUT2D eigenvalue weighted by molar-refractivity contribution is 7.10. The van der Waals surface area contributed by atoms with Gasteiger partial charge in [0.1, 0.15) is 0 Å². The zero-order valence-electron chi connectivity index (χ0n) is 17.7. The van der Waals surface area contributed by atoms with E-state index in [1.54, 1.807) is 11.3 Å². The monoisotopic (exact) mass is 421 g/mol. The van der Waals surface area contributed by atoms with Crippen LogP contribution in [-0.2, 0) is 9.53 Å². The quantitative estimate of drug-likeness (QED) is 0.520. The molecule has 0 aliphatic carbocycles. The average Bonchev–Trinajstić information content (AvgIpc) is 3.21. The van der Waals surface area contributed by atoms with Gasteiger partial charge in [-0.25, -0.2) is 0 Å². The number of nitrogens with two attached hydrogens (primary N) is 1. The van der Waals surface area contributed by atoms with Crippen LogP contribution in [-0.4, -0.2) is 73.6 Å². The molecule has 0 spiro atoms. The minimum atomic E-state index is -0.210. The van der Waals surface area contributed by atoms with Gasteiger partial charge >= 0.3 is 0 Å². The van der Waals surface area contributed by atoms with Crippen molar-refractivity contribution < 1.29 is 9.53 Å². The number of aliphatic imine (C=N–C) groups is 1. The van der Waals surface area contributed by atoms with Crippen molar-refractivity contribution in [2.75, 3.05) is 45.9 Å². The van der Waals surface area contributed by atoms with Gasteiger partial charge in [-0.2, -0.15) is 0 Å². The van der Waals surface area contributed by atoms with Gasteiger partial charge in [-0.3, -0.25) is 14.7 Å². The van der Waals surface area contributed by atoms with Gasteiger partial charge in [0.15, 0.2) is 5.96 Å². The number of thiophene rings is 1. The number of carbonyl (C=O) groups is 1. The molecular formula is C21H35N5O2S. The lowest BCUT2D eigenvalue weighted by Gasteiger charge is -2.37.